The van der Waals surface area contributed by atoms with Crippen molar-refractivity contribution < 1.29 is 0 Å². The van der Waals surface area contributed by atoms with Crippen LogP contribution in [0.5, 0.6) is 0 Å². The molecule has 12 heavy (non-hydrogen) atoms. The second kappa shape index (κ2) is 2.86. The minimum atomic E-state index is 0.400. The second-order valence-electron chi connectivity index (χ2n) is 3.50. The fourth-order valence-corrected chi connectivity index (χ4v) is 1.75. The van der Waals surface area contributed by atoms with E-state index >= 15 is 0 Å². The maximum atomic E-state index is 4.10. The molecule has 0 aromatic carbocycles. The summed E-state index contributed by atoms with van der Waals surface area (Å²) in [5.41, 5.74) is 0. The number of nitrogens with one attached hydrogen (secondary N) is 1. The van der Waals surface area contributed by atoms with Gasteiger partial charge in [0.25, 0.3) is 0 Å². The van der Waals surface area contributed by atoms with E-state index < -0.39 is 0 Å². The van der Waals surface area contributed by atoms with Gasteiger partial charge in [0.1, 0.15) is 12.2 Å². The molecule has 4 heteroatoms. The van der Waals surface area contributed by atoms with Crippen LogP contribution in [-0.2, 0) is 7.05 Å². The second-order valence-corrected chi connectivity index (χ2v) is 3.50. The van der Waals surface area contributed by atoms with Gasteiger partial charge in [0.15, 0.2) is 0 Å². The maximum absolute atomic E-state index is 4.10. The summed E-state index contributed by atoms with van der Waals surface area (Å²) in [6.45, 7) is 3.35. The topological polar surface area (TPSA) is 42.7 Å². The molecule has 1 aliphatic heterocycles. The van der Waals surface area contributed by atoms with Gasteiger partial charge in [0.05, 0.1) is 6.04 Å². The minimum absolute atomic E-state index is 0.400. The summed E-state index contributed by atoms with van der Waals surface area (Å²) in [5, 5.41) is 11.4. The van der Waals surface area contributed by atoms with Crippen molar-refractivity contribution in [2.45, 2.75) is 19.4 Å². The first-order chi connectivity index (χ1) is 5.79. The molecule has 2 unspecified atom stereocenters. The molecule has 1 aromatic heterocycles. The van der Waals surface area contributed by atoms with Gasteiger partial charge in [0.2, 0.25) is 0 Å². The maximum Gasteiger partial charge on any atom is 0.149 e. The van der Waals surface area contributed by atoms with Gasteiger partial charge in [-0.2, -0.15) is 0 Å². The molecule has 1 saturated heterocycles. The fourth-order valence-electron chi connectivity index (χ4n) is 1.75. The first-order valence-corrected chi connectivity index (χ1v) is 4.36. The summed E-state index contributed by atoms with van der Waals surface area (Å²) in [4.78, 5) is 0. The van der Waals surface area contributed by atoms with Crippen LogP contribution >= 0.6 is 0 Å². The third kappa shape index (κ3) is 1.12. The molecule has 0 spiro atoms. The zero-order valence-electron chi connectivity index (χ0n) is 7.49. The van der Waals surface area contributed by atoms with Gasteiger partial charge < -0.3 is 9.88 Å². The lowest BCUT2D eigenvalue weighted by Crippen LogP contribution is -2.20. The lowest BCUT2D eigenvalue weighted by Gasteiger charge is -2.13. The van der Waals surface area contributed by atoms with Crippen molar-refractivity contribution in [2.24, 2.45) is 13.0 Å². The van der Waals surface area contributed by atoms with E-state index in [1.165, 1.54) is 6.42 Å². The van der Waals surface area contributed by atoms with Crippen LogP contribution in [0.4, 0.5) is 0 Å². The van der Waals surface area contributed by atoms with E-state index in [-0.39, 0.29) is 0 Å². The molecule has 2 atom stereocenters. The zero-order chi connectivity index (χ0) is 8.55. The Balaban J connectivity index is 2.24. The van der Waals surface area contributed by atoms with Gasteiger partial charge in [-0.25, -0.2) is 0 Å². The highest BCUT2D eigenvalue weighted by Crippen LogP contribution is 2.26. The van der Waals surface area contributed by atoms with Crippen molar-refractivity contribution in [3.05, 3.63) is 12.2 Å². The molecule has 0 aliphatic carbocycles. The van der Waals surface area contributed by atoms with Crippen molar-refractivity contribution in [3.8, 4) is 0 Å². The van der Waals surface area contributed by atoms with Gasteiger partial charge in [-0.1, -0.05) is 6.92 Å². The number of rotatable bonds is 1. The average Bonchev–Trinajstić information content (AvgIpc) is 2.59. The summed E-state index contributed by atoms with van der Waals surface area (Å²) in [6, 6.07) is 0.400. The van der Waals surface area contributed by atoms with Crippen molar-refractivity contribution in [1.29, 1.82) is 0 Å². The fraction of sp³-hybridized carbons (Fsp3) is 0.750. The molecular weight excluding hydrogens is 152 g/mol. The highest BCUT2D eigenvalue weighted by atomic mass is 15.3. The van der Waals surface area contributed by atoms with Gasteiger partial charge >= 0.3 is 0 Å². The third-order valence-corrected chi connectivity index (χ3v) is 2.56. The van der Waals surface area contributed by atoms with Gasteiger partial charge in [-0.15, -0.1) is 10.2 Å². The van der Waals surface area contributed by atoms with Gasteiger partial charge in [-0.05, 0) is 18.9 Å². The molecule has 0 radical (unpaired) electrons. The number of hydrogen-bond acceptors (Lipinski definition) is 3. The van der Waals surface area contributed by atoms with Crippen LogP contribution in [0.25, 0.3) is 0 Å². The number of aromatic nitrogens is 3. The van der Waals surface area contributed by atoms with Crippen LogP contribution < -0.4 is 5.32 Å². The van der Waals surface area contributed by atoms with E-state index in [9.17, 15) is 0 Å². The van der Waals surface area contributed by atoms with Gasteiger partial charge in [-0.3, -0.25) is 0 Å². The smallest absolute Gasteiger partial charge is 0.149 e. The summed E-state index contributed by atoms with van der Waals surface area (Å²) in [5.74, 6) is 1.73. The van der Waals surface area contributed by atoms with Crippen LogP contribution in [0.15, 0.2) is 6.33 Å². The molecule has 1 aromatic rings. The van der Waals surface area contributed by atoms with Gasteiger partial charge in [0, 0.05) is 7.05 Å². The first kappa shape index (κ1) is 7.73. The number of nitrogens with zero attached hydrogens (tertiary/aromatic N) is 3. The van der Waals surface area contributed by atoms with E-state index in [1.54, 1.807) is 6.33 Å². The molecule has 2 rings (SSSR count). The molecule has 0 saturated carbocycles. The Morgan fingerprint density at radius 1 is 1.67 bits per heavy atom. The summed E-state index contributed by atoms with van der Waals surface area (Å²) in [7, 11) is 1.99. The van der Waals surface area contributed by atoms with E-state index in [1.807, 2.05) is 11.6 Å². The lowest BCUT2D eigenvalue weighted by atomic mass is 10.0. The van der Waals surface area contributed by atoms with E-state index in [0.717, 1.165) is 12.4 Å². The Morgan fingerprint density at radius 3 is 3.00 bits per heavy atom. The summed E-state index contributed by atoms with van der Waals surface area (Å²) >= 11 is 0. The van der Waals surface area contributed by atoms with Crippen LogP contribution in [0.3, 0.4) is 0 Å². The predicted molar refractivity (Wildman–Crippen MR) is 45.5 cm³/mol. The molecule has 0 bridgehead atoms. The third-order valence-electron chi connectivity index (χ3n) is 2.56. The van der Waals surface area contributed by atoms with E-state index in [4.69, 9.17) is 0 Å². The molecular formula is C8H14N4. The molecule has 1 aliphatic rings. The lowest BCUT2D eigenvalue weighted by molar-refractivity contribution is 0.466. The quantitative estimate of drug-likeness (QED) is 0.660. The van der Waals surface area contributed by atoms with Crippen LogP contribution in [0.2, 0.25) is 0 Å². The number of hydrogen-bond donors (Lipinski definition) is 1. The Hall–Kier alpha value is -0.900. The monoisotopic (exact) mass is 166 g/mol. The highest BCUT2D eigenvalue weighted by molar-refractivity contribution is 4.99. The molecule has 0 amide bonds. The number of aryl methyl sites for hydroxylation is 1. The van der Waals surface area contributed by atoms with E-state index in [0.29, 0.717) is 12.0 Å². The Kier molecular flexibility index (Phi) is 1.84. The largest absolute Gasteiger partial charge is 0.319 e. The van der Waals surface area contributed by atoms with Crippen molar-refractivity contribution in [3.63, 3.8) is 0 Å². The minimum Gasteiger partial charge on any atom is -0.319 e. The molecule has 2 heterocycles. The van der Waals surface area contributed by atoms with E-state index in [2.05, 4.69) is 22.4 Å². The summed E-state index contributed by atoms with van der Waals surface area (Å²) in [6.07, 6.45) is 2.99. The Bertz CT molecular complexity index is 268. The first-order valence-electron chi connectivity index (χ1n) is 4.36. The van der Waals surface area contributed by atoms with Crippen molar-refractivity contribution >= 4 is 0 Å². The standard InChI is InChI=1S/C8H14N4/c1-6-3-4-9-7(6)8-11-10-5-12(8)2/h5-7,9H,3-4H2,1-2H3. The average molecular weight is 166 g/mol. The van der Waals surface area contributed by atoms with Crippen LogP contribution in [-0.4, -0.2) is 21.3 Å². The summed E-state index contributed by atoms with van der Waals surface area (Å²) < 4.78 is 1.99. The van der Waals surface area contributed by atoms with Crippen LogP contribution in [0.1, 0.15) is 25.2 Å². The zero-order valence-corrected chi connectivity index (χ0v) is 7.49. The SMILES string of the molecule is CC1CCNC1c1nncn1C. The Morgan fingerprint density at radius 2 is 2.50 bits per heavy atom. The Labute approximate surface area is 72.0 Å². The molecule has 66 valence electrons. The van der Waals surface area contributed by atoms with Crippen LogP contribution in [0, 0.1) is 5.92 Å². The van der Waals surface area contributed by atoms with Crippen molar-refractivity contribution in [2.75, 3.05) is 6.54 Å². The van der Waals surface area contributed by atoms with Crippen molar-refractivity contribution in [1.82, 2.24) is 20.1 Å². The normalized spacial score (nSPS) is 29.5. The molecule has 4 nitrogen and oxygen atoms in total. The predicted octanol–water partition coefficient (Wildman–Crippen LogP) is 0.486. The highest BCUT2D eigenvalue weighted by Gasteiger charge is 2.27. The molecule has 1 N–H and O–H groups in total. The molecule has 1 fully saturated rings.